The highest BCUT2D eigenvalue weighted by molar-refractivity contribution is 5.72. The standard InChI is InChI=1S/C6H14N4O4/c7-3-6(8,9)10(1-4(11)12)2-5(13)14/h1-3,7-9H2,(H,11,12)(H,13,14). The van der Waals surface area contributed by atoms with Crippen molar-refractivity contribution in [3.8, 4) is 0 Å². The predicted molar refractivity (Wildman–Crippen MR) is 47.0 cm³/mol. The molecule has 0 aliphatic heterocycles. The first-order valence-electron chi connectivity index (χ1n) is 3.76. The smallest absolute Gasteiger partial charge is 0.317 e. The van der Waals surface area contributed by atoms with Crippen molar-refractivity contribution >= 4 is 11.9 Å². The van der Waals surface area contributed by atoms with E-state index in [1.807, 2.05) is 0 Å². The van der Waals surface area contributed by atoms with Crippen molar-refractivity contribution in [1.82, 2.24) is 4.90 Å². The molecule has 0 aromatic heterocycles. The number of nitrogens with zero attached hydrogens (tertiary/aromatic N) is 1. The lowest BCUT2D eigenvalue weighted by atomic mass is 10.3. The summed E-state index contributed by atoms with van der Waals surface area (Å²) in [7, 11) is 0. The van der Waals surface area contributed by atoms with E-state index in [9.17, 15) is 9.59 Å². The van der Waals surface area contributed by atoms with Crippen molar-refractivity contribution in [2.24, 2.45) is 17.2 Å². The number of carboxylic acids is 2. The number of aliphatic carboxylic acids is 2. The molecule has 0 aromatic carbocycles. The molecule has 0 heterocycles. The minimum atomic E-state index is -1.63. The Labute approximate surface area is 80.3 Å². The molecule has 82 valence electrons. The molecule has 0 unspecified atom stereocenters. The maximum atomic E-state index is 10.4. The highest BCUT2D eigenvalue weighted by Crippen LogP contribution is 1.99. The number of rotatable bonds is 6. The molecule has 0 saturated carbocycles. The molecule has 0 aliphatic carbocycles. The Hall–Kier alpha value is -1.22. The van der Waals surface area contributed by atoms with Gasteiger partial charge in [0, 0.05) is 6.54 Å². The zero-order valence-electron chi connectivity index (χ0n) is 7.51. The topological polar surface area (TPSA) is 156 Å². The number of hydrogen-bond donors (Lipinski definition) is 5. The van der Waals surface area contributed by atoms with Gasteiger partial charge in [0.05, 0.1) is 13.1 Å². The largest absolute Gasteiger partial charge is 0.480 e. The molecule has 0 aromatic rings. The molecule has 0 aliphatic rings. The molecule has 8 nitrogen and oxygen atoms in total. The van der Waals surface area contributed by atoms with Crippen LogP contribution in [-0.2, 0) is 9.59 Å². The van der Waals surface area contributed by atoms with Crippen LogP contribution in [-0.4, -0.2) is 52.5 Å². The van der Waals surface area contributed by atoms with Gasteiger partial charge in [0.1, 0.15) is 5.79 Å². The van der Waals surface area contributed by atoms with E-state index in [4.69, 9.17) is 27.4 Å². The van der Waals surface area contributed by atoms with Crippen LogP contribution >= 0.6 is 0 Å². The lowest BCUT2D eigenvalue weighted by Crippen LogP contribution is -2.69. The van der Waals surface area contributed by atoms with Gasteiger partial charge in [-0.15, -0.1) is 0 Å². The summed E-state index contributed by atoms with van der Waals surface area (Å²) in [5, 5.41) is 16.9. The summed E-state index contributed by atoms with van der Waals surface area (Å²) in [5.41, 5.74) is 16.0. The molecule has 0 saturated heterocycles. The summed E-state index contributed by atoms with van der Waals surface area (Å²) in [5.74, 6) is -4.07. The van der Waals surface area contributed by atoms with Gasteiger partial charge >= 0.3 is 11.9 Å². The SMILES string of the molecule is NCC(N)(N)N(CC(=O)O)CC(=O)O. The Morgan fingerprint density at radius 1 is 1.14 bits per heavy atom. The Bertz CT molecular complexity index is 214. The summed E-state index contributed by atoms with van der Waals surface area (Å²) in [6.45, 7) is -1.39. The average molecular weight is 206 g/mol. The Morgan fingerprint density at radius 2 is 1.50 bits per heavy atom. The molecule has 0 bridgehead atoms. The van der Waals surface area contributed by atoms with Gasteiger partial charge < -0.3 is 15.9 Å². The quantitative estimate of drug-likeness (QED) is 0.287. The highest BCUT2D eigenvalue weighted by atomic mass is 16.4. The molecule has 0 rings (SSSR count). The summed E-state index contributed by atoms with van der Waals surface area (Å²) in [6, 6.07) is 0. The van der Waals surface area contributed by atoms with Gasteiger partial charge in [-0.1, -0.05) is 0 Å². The van der Waals surface area contributed by atoms with E-state index in [1.165, 1.54) is 0 Å². The minimum absolute atomic E-state index is 0.243. The molecule has 0 atom stereocenters. The summed E-state index contributed by atoms with van der Waals surface area (Å²) >= 11 is 0. The predicted octanol–water partition coefficient (Wildman–Crippen LogP) is -3.01. The van der Waals surface area contributed by atoms with Gasteiger partial charge in [-0.3, -0.25) is 26.0 Å². The van der Waals surface area contributed by atoms with Crippen LogP contribution in [0, 0.1) is 0 Å². The molecule has 14 heavy (non-hydrogen) atoms. The molecule has 0 amide bonds. The highest BCUT2D eigenvalue weighted by Gasteiger charge is 2.29. The normalized spacial score (nSPS) is 11.7. The van der Waals surface area contributed by atoms with Crippen LogP contribution in [0.4, 0.5) is 0 Å². The van der Waals surface area contributed by atoms with E-state index in [0.29, 0.717) is 0 Å². The fourth-order valence-electron chi connectivity index (χ4n) is 0.806. The van der Waals surface area contributed by atoms with E-state index in [2.05, 4.69) is 0 Å². The van der Waals surface area contributed by atoms with Crippen molar-refractivity contribution in [2.75, 3.05) is 19.6 Å². The lowest BCUT2D eigenvalue weighted by Gasteiger charge is -2.34. The molecule has 0 fully saturated rings. The van der Waals surface area contributed by atoms with Crippen LogP contribution in [0.25, 0.3) is 0 Å². The van der Waals surface area contributed by atoms with E-state index in [0.717, 1.165) is 4.90 Å². The van der Waals surface area contributed by atoms with Crippen LogP contribution in [0.2, 0.25) is 0 Å². The zero-order valence-corrected chi connectivity index (χ0v) is 7.51. The molecule has 0 spiro atoms. The van der Waals surface area contributed by atoms with Crippen molar-refractivity contribution in [2.45, 2.75) is 5.79 Å². The summed E-state index contributed by atoms with van der Waals surface area (Å²) in [6.07, 6.45) is 0. The number of carboxylic acid groups (broad SMARTS) is 2. The second-order valence-electron chi connectivity index (χ2n) is 2.84. The number of nitrogens with two attached hydrogens (primary N) is 3. The monoisotopic (exact) mass is 206 g/mol. The van der Waals surface area contributed by atoms with Crippen molar-refractivity contribution in [3.63, 3.8) is 0 Å². The molecule has 8 N–H and O–H groups in total. The van der Waals surface area contributed by atoms with E-state index >= 15 is 0 Å². The van der Waals surface area contributed by atoms with E-state index < -0.39 is 30.8 Å². The first kappa shape index (κ1) is 12.8. The van der Waals surface area contributed by atoms with Crippen LogP contribution < -0.4 is 17.2 Å². The van der Waals surface area contributed by atoms with E-state index in [-0.39, 0.29) is 6.54 Å². The Kier molecular flexibility index (Phi) is 4.44. The Balaban J connectivity index is 4.53. The summed E-state index contributed by atoms with van der Waals surface area (Å²) in [4.78, 5) is 21.6. The van der Waals surface area contributed by atoms with Crippen LogP contribution in [0.5, 0.6) is 0 Å². The molecular weight excluding hydrogens is 192 g/mol. The van der Waals surface area contributed by atoms with Gasteiger partial charge in [-0.05, 0) is 0 Å². The molecule has 0 radical (unpaired) electrons. The van der Waals surface area contributed by atoms with Crippen molar-refractivity contribution in [3.05, 3.63) is 0 Å². The second-order valence-corrected chi connectivity index (χ2v) is 2.84. The Morgan fingerprint density at radius 3 is 1.71 bits per heavy atom. The van der Waals surface area contributed by atoms with Crippen molar-refractivity contribution in [1.29, 1.82) is 0 Å². The second kappa shape index (κ2) is 4.86. The van der Waals surface area contributed by atoms with Gasteiger partial charge in [-0.2, -0.15) is 0 Å². The third-order valence-electron chi connectivity index (χ3n) is 1.57. The molecule has 8 heteroatoms. The third kappa shape index (κ3) is 4.14. The molecular formula is C6H14N4O4. The number of carbonyl (C=O) groups is 2. The number of hydrogen-bond acceptors (Lipinski definition) is 6. The fraction of sp³-hybridized carbons (Fsp3) is 0.667. The fourth-order valence-corrected chi connectivity index (χ4v) is 0.806. The lowest BCUT2D eigenvalue weighted by molar-refractivity contribution is -0.144. The van der Waals surface area contributed by atoms with Crippen LogP contribution in [0.3, 0.4) is 0 Å². The van der Waals surface area contributed by atoms with E-state index in [1.54, 1.807) is 0 Å². The van der Waals surface area contributed by atoms with Gasteiger partial charge in [0.15, 0.2) is 0 Å². The third-order valence-corrected chi connectivity index (χ3v) is 1.57. The van der Waals surface area contributed by atoms with Gasteiger partial charge in [0.25, 0.3) is 0 Å². The van der Waals surface area contributed by atoms with Crippen LogP contribution in [0.1, 0.15) is 0 Å². The maximum Gasteiger partial charge on any atom is 0.317 e. The van der Waals surface area contributed by atoms with Gasteiger partial charge in [0.2, 0.25) is 0 Å². The van der Waals surface area contributed by atoms with Crippen molar-refractivity contribution < 1.29 is 19.8 Å². The average Bonchev–Trinajstić information content (AvgIpc) is 2.01. The first-order valence-corrected chi connectivity index (χ1v) is 3.76. The van der Waals surface area contributed by atoms with Crippen LogP contribution in [0.15, 0.2) is 0 Å². The van der Waals surface area contributed by atoms with Gasteiger partial charge in [-0.25, -0.2) is 0 Å². The first-order chi connectivity index (χ1) is 6.29. The zero-order chi connectivity index (χ0) is 11.4. The minimum Gasteiger partial charge on any atom is -0.480 e. The maximum absolute atomic E-state index is 10.4. The summed E-state index contributed by atoms with van der Waals surface area (Å²) < 4.78 is 0.